The molecule has 24 heavy (non-hydrogen) atoms. The van der Waals surface area contributed by atoms with Crippen molar-refractivity contribution in [2.24, 2.45) is 0 Å². The Kier molecular flexibility index (Phi) is 5.70. The number of carbonyl (C=O) groups excluding carboxylic acids is 2. The van der Waals surface area contributed by atoms with Gasteiger partial charge in [0, 0.05) is 12.2 Å². The molecule has 0 atom stereocenters. The number of amides is 3. The van der Waals surface area contributed by atoms with Gasteiger partial charge < -0.3 is 20.7 Å². The molecule has 0 saturated heterocycles. The highest BCUT2D eigenvalue weighted by molar-refractivity contribution is 5.89. The first-order chi connectivity index (χ1) is 11.3. The molecular weight excluding hydrogens is 306 g/mol. The first kappa shape index (κ1) is 18.1. The van der Waals surface area contributed by atoms with Gasteiger partial charge in [-0.25, -0.2) is 9.59 Å². The Labute approximate surface area is 143 Å². The molecule has 132 valence electrons. The van der Waals surface area contributed by atoms with Gasteiger partial charge in [-0.3, -0.25) is 0 Å². The predicted octanol–water partition coefficient (Wildman–Crippen LogP) is 3.65. The Morgan fingerprint density at radius 1 is 1.12 bits per heavy atom. The molecule has 1 aliphatic rings. The first-order valence-electron chi connectivity index (χ1n) is 8.39. The third kappa shape index (κ3) is 5.76. The lowest BCUT2D eigenvalue weighted by Crippen LogP contribution is -2.55. The van der Waals surface area contributed by atoms with E-state index in [9.17, 15) is 9.59 Å². The lowest BCUT2D eigenvalue weighted by Gasteiger charge is -2.31. The van der Waals surface area contributed by atoms with E-state index in [1.807, 2.05) is 51.1 Å². The van der Waals surface area contributed by atoms with E-state index in [1.54, 1.807) is 0 Å². The highest BCUT2D eigenvalue weighted by Crippen LogP contribution is 2.29. The summed E-state index contributed by atoms with van der Waals surface area (Å²) in [6, 6.07) is 9.04. The molecule has 2 rings (SSSR count). The second-order valence-electron chi connectivity index (χ2n) is 7.29. The molecule has 1 aromatic carbocycles. The molecule has 1 aliphatic carbocycles. The number of rotatable bonds is 4. The van der Waals surface area contributed by atoms with E-state index in [0.717, 1.165) is 31.4 Å². The minimum Gasteiger partial charge on any atom is -0.444 e. The first-order valence-corrected chi connectivity index (χ1v) is 8.39. The number of alkyl carbamates (subject to hydrolysis) is 1. The monoisotopic (exact) mass is 333 g/mol. The van der Waals surface area contributed by atoms with Crippen molar-refractivity contribution in [3.05, 3.63) is 30.3 Å². The summed E-state index contributed by atoms with van der Waals surface area (Å²) in [6.07, 6.45) is 3.28. The van der Waals surface area contributed by atoms with Crippen molar-refractivity contribution in [1.29, 1.82) is 0 Å². The van der Waals surface area contributed by atoms with Gasteiger partial charge >= 0.3 is 12.1 Å². The SMILES string of the molecule is CC(C)(C)OC(=O)NCC1(NC(=O)Nc2ccccc2)CCCC1. The van der Waals surface area contributed by atoms with Crippen LogP contribution >= 0.6 is 0 Å². The van der Waals surface area contributed by atoms with Crippen LogP contribution in [-0.4, -0.2) is 29.8 Å². The molecule has 0 unspecified atom stereocenters. The Bertz CT molecular complexity index is 561. The molecule has 6 nitrogen and oxygen atoms in total. The van der Waals surface area contributed by atoms with Crippen molar-refractivity contribution in [3.63, 3.8) is 0 Å². The Hall–Kier alpha value is -2.24. The van der Waals surface area contributed by atoms with Crippen LogP contribution in [0.25, 0.3) is 0 Å². The number of ether oxygens (including phenoxy) is 1. The van der Waals surface area contributed by atoms with E-state index >= 15 is 0 Å². The van der Waals surface area contributed by atoms with Gasteiger partial charge in [0.2, 0.25) is 0 Å². The molecule has 1 saturated carbocycles. The number of carbonyl (C=O) groups is 2. The van der Waals surface area contributed by atoms with Gasteiger partial charge in [-0.2, -0.15) is 0 Å². The predicted molar refractivity (Wildman–Crippen MR) is 94.0 cm³/mol. The molecule has 3 N–H and O–H groups in total. The van der Waals surface area contributed by atoms with Gasteiger partial charge in [-0.1, -0.05) is 31.0 Å². The van der Waals surface area contributed by atoms with Crippen molar-refractivity contribution in [3.8, 4) is 0 Å². The average Bonchev–Trinajstić information content (AvgIpc) is 2.93. The third-order valence-corrected chi connectivity index (χ3v) is 3.94. The minimum absolute atomic E-state index is 0.255. The van der Waals surface area contributed by atoms with Crippen LogP contribution in [0.2, 0.25) is 0 Å². The van der Waals surface area contributed by atoms with E-state index < -0.39 is 17.2 Å². The zero-order chi connectivity index (χ0) is 17.6. The molecule has 3 amide bonds. The standard InChI is InChI=1S/C18H27N3O3/c1-17(2,3)24-16(23)19-13-18(11-7-8-12-18)21-15(22)20-14-9-5-4-6-10-14/h4-6,9-10H,7-8,11-13H2,1-3H3,(H,19,23)(H2,20,21,22). The fraction of sp³-hybridized carbons (Fsp3) is 0.556. The van der Waals surface area contributed by atoms with Crippen LogP contribution in [0.4, 0.5) is 15.3 Å². The number of hydrogen-bond acceptors (Lipinski definition) is 3. The van der Waals surface area contributed by atoms with E-state index in [1.165, 1.54) is 0 Å². The lowest BCUT2D eigenvalue weighted by molar-refractivity contribution is 0.0511. The van der Waals surface area contributed by atoms with Gasteiger partial charge in [-0.05, 0) is 45.7 Å². The summed E-state index contributed by atoms with van der Waals surface area (Å²) >= 11 is 0. The summed E-state index contributed by atoms with van der Waals surface area (Å²) in [5.41, 5.74) is -0.218. The largest absolute Gasteiger partial charge is 0.444 e. The van der Waals surface area contributed by atoms with Crippen LogP contribution in [0.5, 0.6) is 0 Å². The highest BCUT2D eigenvalue weighted by Gasteiger charge is 2.36. The molecule has 0 aromatic heterocycles. The molecule has 0 bridgehead atoms. The zero-order valence-corrected chi connectivity index (χ0v) is 14.6. The molecule has 1 fully saturated rings. The van der Waals surface area contributed by atoms with Crippen LogP contribution in [-0.2, 0) is 4.74 Å². The van der Waals surface area contributed by atoms with Gasteiger partial charge in [0.15, 0.2) is 0 Å². The normalized spacial score (nSPS) is 16.3. The van der Waals surface area contributed by atoms with Crippen LogP contribution in [0.3, 0.4) is 0 Å². The summed E-state index contributed by atoms with van der Waals surface area (Å²) in [6.45, 7) is 5.83. The van der Waals surface area contributed by atoms with Crippen molar-refractivity contribution in [2.45, 2.75) is 57.6 Å². The molecule has 0 heterocycles. The van der Waals surface area contributed by atoms with Crippen molar-refractivity contribution in [2.75, 3.05) is 11.9 Å². The van der Waals surface area contributed by atoms with Gasteiger partial charge in [0.25, 0.3) is 0 Å². The summed E-state index contributed by atoms with van der Waals surface area (Å²) in [4.78, 5) is 24.2. The fourth-order valence-electron chi connectivity index (χ4n) is 2.88. The molecule has 0 aliphatic heterocycles. The third-order valence-electron chi connectivity index (χ3n) is 3.94. The highest BCUT2D eigenvalue weighted by atomic mass is 16.6. The van der Waals surface area contributed by atoms with E-state index in [0.29, 0.717) is 6.54 Å². The molecular formula is C18H27N3O3. The van der Waals surface area contributed by atoms with Crippen molar-refractivity contribution < 1.29 is 14.3 Å². The Morgan fingerprint density at radius 3 is 2.33 bits per heavy atom. The van der Waals surface area contributed by atoms with Crippen molar-refractivity contribution in [1.82, 2.24) is 10.6 Å². The quantitative estimate of drug-likeness (QED) is 0.787. The topological polar surface area (TPSA) is 79.5 Å². The number of anilines is 1. The Morgan fingerprint density at radius 2 is 1.75 bits per heavy atom. The number of hydrogen-bond donors (Lipinski definition) is 3. The maximum absolute atomic E-state index is 12.3. The van der Waals surface area contributed by atoms with Gasteiger partial charge in [0.1, 0.15) is 5.60 Å². The summed E-state index contributed by atoms with van der Waals surface area (Å²) < 4.78 is 5.26. The van der Waals surface area contributed by atoms with Crippen LogP contribution < -0.4 is 16.0 Å². The molecule has 6 heteroatoms. The minimum atomic E-state index is -0.537. The smallest absolute Gasteiger partial charge is 0.407 e. The Balaban J connectivity index is 1.90. The molecule has 1 aromatic rings. The zero-order valence-electron chi connectivity index (χ0n) is 14.6. The van der Waals surface area contributed by atoms with E-state index in [2.05, 4.69) is 16.0 Å². The maximum Gasteiger partial charge on any atom is 0.407 e. The average molecular weight is 333 g/mol. The summed E-state index contributed by atoms with van der Waals surface area (Å²) in [5, 5.41) is 8.65. The van der Waals surface area contributed by atoms with Crippen LogP contribution in [0.1, 0.15) is 46.5 Å². The van der Waals surface area contributed by atoms with Crippen LogP contribution in [0, 0.1) is 0 Å². The lowest BCUT2D eigenvalue weighted by atomic mass is 9.98. The molecule has 0 spiro atoms. The second kappa shape index (κ2) is 7.55. The number of para-hydroxylation sites is 1. The molecule has 0 radical (unpaired) electrons. The fourth-order valence-corrected chi connectivity index (χ4v) is 2.88. The van der Waals surface area contributed by atoms with E-state index in [-0.39, 0.29) is 6.03 Å². The number of nitrogens with one attached hydrogen (secondary N) is 3. The van der Waals surface area contributed by atoms with Gasteiger partial charge in [0.05, 0.1) is 5.54 Å². The number of benzene rings is 1. The van der Waals surface area contributed by atoms with Gasteiger partial charge in [-0.15, -0.1) is 0 Å². The number of urea groups is 1. The summed E-state index contributed by atoms with van der Waals surface area (Å²) in [5.74, 6) is 0. The second-order valence-corrected chi connectivity index (χ2v) is 7.29. The summed E-state index contributed by atoms with van der Waals surface area (Å²) in [7, 11) is 0. The van der Waals surface area contributed by atoms with E-state index in [4.69, 9.17) is 4.74 Å². The van der Waals surface area contributed by atoms with Crippen molar-refractivity contribution >= 4 is 17.8 Å². The van der Waals surface area contributed by atoms with Crippen LogP contribution in [0.15, 0.2) is 30.3 Å². The maximum atomic E-state index is 12.3.